The van der Waals surface area contributed by atoms with E-state index in [0.717, 1.165) is 17.8 Å². The maximum Gasteiger partial charge on any atom is 0.416 e. The number of nitrogens with zero attached hydrogens (tertiary/aromatic N) is 6. The molecule has 40 heavy (non-hydrogen) atoms. The fraction of sp³-hybridized carbons (Fsp3) is 0.214. The minimum Gasteiger partial charge on any atom is -0.399 e. The monoisotopic (exact) mass is 549 g/mol. The summed E-state index contributed by atoms with van der Waals surface area (Å²) in [6.45, 7) is 2.00. The van der Waals surface area contributed by atoms with Crippen LogP contribution in [0.3, 0.4) is 0 Å². The number of quaternary nitrogens is 1. The molecule has 0 saturated carbocycles. The molecular formula is C28H28F3N8O+. The highest BCUT2D eigenvalue weighted by atomic mass is 19.4. The van der Waals surface area contributed by atoms with Crippen LogP contribution >= 0.6 is 0 Å². The van der Waals surface area contributed by atoms with Crippen molar-refractivity contribution in [2.24, 2.45) is 0 Å². The van der Waals surface area contributed by atoms with Gasteiger partial charge in [-0.3, -0.25) is 10.1 Å². The zero-order valence-electron chi connectivity index (χ0n) is 22.4. The number of likely N-dealkylation sites (N-methyl/N-ethyl adjacent to an activating group) is 1. The van der Waals surface area contributed by atoms with Crippen LogP contribution in [0, 0.1) is 6.92 Å². The van der Waals surface area contributed by atoms with Gasteiger partial charge >= 0.3 is 6.18 Å². The SMILES string of the molecule is Cc1c(-c2ccnn2-c2ccc(N)cc2)cn2nc(NC(=O)C[N+](C)(C)C)nc2c1-c1cccc(C(F)(F)F)c1. The van der Waals surface area contributed by atoms with E-state index < -0.39 is 11.7 Å². The van der Waals surface area contributed by atoms with E-state index in [1.165, 1.54) is 10.6 Å². The first-order chi connectivity index (χ1) is 18.8. The summed E-state index contributed by atoms with van der Waals surface area (Å²) in [7, 11) is 5.63. The Hall–Kier alpha value is -4.71. The molecule has 0 fully saturated rings. The second-order valence-corrected chi connectivity index (χ2v) is 10.5. The first kappa shape index (κ1) is 26.9. The normalized spacial score (nSPS) is 12.2. The summed E-state index contributed by atoms with van der Waals surface area (Å²) >= 11 is 0. The summed E-state index contributed by atoms with van der Waals surface area (Å²) in [4.78, 5) is 17.1. The largest absolute Gasteiger partial charge is 0.416 e. The lowest BCUT2D eigenvalue weighted by Gasteiger charge is -2.22. The van der Waals surface area contributed by atoms with E-state index in [1.54, 1.807) is 41.3 Å². The van der Waals surface area contributed by atoms with Crippen molar-refractivity contribution in [3.63, 3.8) is 0 Å². The van der Waals surface area contributed by atoms with Crippen molar-refractivity contribution in [3.8, 4) is 28.1 Å². The van der Waals surface area contributed by atoms with Gasteiger partial charge in [0.15, 0.2) is 12.2 Å². The number of anilines is 2. The van der Waals surface area contributed by atoms with Crippen LogP contribution in [0.2, 0.25) is 0 Å². The molecule has 0 bridgehead atoms. The minimum atomic E-state index is -4.52. The summed E-state index contributed by atoms with van der Waals surface area (Å²) in [5.74, 6) is -0.238. The van der Waals surface area contributed by atoms with Gasteiger partial charge in [0.25, 0.3) is 5.91 Å². The van der Waals surface area contributed by atoms with Crippen molar-refractivity contribution in [1.82, 2.24) is 24.4 Å². The van der Waals surface area contributed by atoms with E-state index in [-0.39, 0.29) is 18.4 Å². The molecule has 0 unspecified atom stereocenters. The number of aromatic nitrogens is 5. The average molecular weight is 550 g/mol. The van der Waals surface area contributed by atoms with Gasteiger partial charge in [0.2, 0.25) is 5.95 Å². The third-order valence-electron chi connectivity index (χ3n) is 6.29. The number of alkyl halides is 3. The van der Waals surface area contributed by atoms with Gasteiger partial charge < -0.3 is 10.2 Å². The number of benzene rings is 2. The molecule has 3 N–H and O–H groups in total. The van der Waals surface area contributed by atoms with Crippen molar-refractivity contribution >= 4 is 23.2 Å². The van der Waals surface area contributed by atoms with Crippen molar-refractivity contribution in [1.29, 1.82) is 0 Å². The Kier molecular flexibility index (Phi) is 6.58. The number of amides is 1. The lowest BCUT2D eigenvalue weighted by atomic mass is 9.95. The number of carbonyl (C=O) groups is 1. The van der Waals surface area contributed by atoms with Gasteiger partial charge in [0, 0.05) is 23.0 Å². The molecule has 9 nitrogen and oxygen atoms in total. The zero-order valence-corrected chi connectivity index (χ0v) is 22.4. The summed E-state index contributed by atoms with van der Waals surface area (Å²) in [6, 6.07) is 14.0. The Morgan fingerprint density at radius 2 is 1.80 bits per heavy atom. The van der Waals surface area contributed by atoms with E-state index in [0.29, 0.717) is 43.8 Å². The molecule has 206 valence electrons. The molecule has 0 spiro atoms. The van der Waals surface area contributed by atoms with E-state index >= 15 is 0 Å². The molecule has 2 aromatic carbocycles. The number of carbonyl (C=O) groups excluding carboxylic acids is 1. The molecule has 5 rings (SSSR count). The molecule has 0 radical (unpaired) electrons. The van der Waals surface area contributed by atoms with Crippen molar-refractivity contribution in [3.05, 3.63) is 78.1 Å². The standard InChI is InChI=1S/C28H27F3N8O/c1-17-22(23-12-13-33-38(23)21-10-8-20(32)9-11-21)15-37-26(35-27(36-37)34-24(40)16-39(2,3)4)25(17)18-6-5-7-19(14-18)28(29,30)31/h5-15H,16,32H2,1-4H3/p+1. The van der Waals surface area contributed by atoms with Crippen LogP contribution in [0.1, 0.15) is 11.1 Å². The Morgan fingerprint density at radius 3 is 2.48 bits per heavy atom. The first-order valence-corrected chi connectivity index (χ1v) is 12.4. The van der Waals surface area contributed by atoms with Crippen LogP contribution in [-0.4, -0.2) is 62.5 Å². The Labute approximate surface area is 228 Å². The van der Waals surface area contributed by atoms with Gasteiger partial charge in [-0.15, -0.1) is 5.10 Å². The van der Waals surface area contributed by atoms with Gasteiger partial charge in [0.05, 0.1) is 44.3 Å². The third kappa shape index (κ3) is 5.38. The summed E-state index contributed by atoms with van der Waals surface area (Å²) in [5.41, 5.74) is 9.52. The lowest BCUT2D eigenvalue weighted by molar-refractivity contribution is -0.861. The molecule has 0 aliphatic heterocycles. The lowest BCUT2D eigenvalue weighted by Crippen LogP contribution is -2.41. The predicted molar refractivity (Wildman–Crippen MR) is 147 cm³/mol. The molecule has 1 amide bonds. The van der Waals surface area contributed by atoms with Crippen molar-refractivity contribution in [2.45, 2.75) is 13.1 Å². The highest BCUT2D eigenvalue weighted by Gasteiger charge is 2.31. The van der Waals surface area contributed by atoms with E-state index in [4.69, 9.17) is 5.73 Å². The van der Waals surface area contributed by atoms with Gasteiger partial charge in [-0.05, 0) is 60.5 Å². The number of hydrogen-bond acceptors (Lipinski definition) is 5. The maximum atomic E-state index is 13.6. The van der Waals surface area contributed by atoms with Crippen molar-refractivity contribution in [2.75, 3.05) is 38.7 Å². The number of rotatable bonds is 6. The van der Waals surface area contributed by atoms with Gasteiger partial charge in [-0.1, -0.05) is 12.1 Å². The molecular weight excluding hydrogens is 521 g/mol. The number of nitrogens with two attached hydrogens (primary N) is 1. The van der Waals surface area contributed by atoms with Crippen LogP contribution in [0.25, 0.3) is 33.7 Å². The number of hydrogen-bond donors (Lipinski definition) is 2. The zero-order chi connectivity index (χ0) is 28.8. The number of nitrogen functional groups attached to an aromatic ring is 1. The van der Waals surface area contributed by atoms with E-state index in [1.807, 2.05) is 40.2 Å². The number of nitrogens with one attached hydrogen (secondary N) is 1. The second-order valence-electron chi connectivity index (χ2n) is 10.5. The second kappa shape index (κ2) is 9.79. The van der Waals surface area contributed by atoms with Crippen LogP contribution in [0.5, 0.6) is 0 Å². The highest BCUT2D eigenvalue weighted by Crippen LogP contribution is 2.38. The molecule has 0 aliphatic carbocycles. The van der Waals surface area contributed by atoms with Crippen LogP contribution in [0.15, 0.2) is 67.0 Å². The average Bonchev–Trinajstić information content (AvgIpc) is 3.49. The van der Waals surface area contributed by atoms with Crippen LogP contribution in [0.4, 0.5) is 24.8 Å². The molecule has 12 heteroatoms. The molecule has 0 aliphatic rings. The molecule has 0 saturated heterocycles. The number of halogens is 3. The highest BCUT2D eigenvalue weighted by molar-refractivity contribution is 5.91. The van der Waals surface area contributed by atoms with Gasteiger partial charge in [-0.25, -0.2) is 9.20 Å². The maximum absolute atomic E-state index is 13.6. The summed E-state index contributed by atoms with van der Waals surface area (Å²) in [5, 5.41) is 11.6. The Bertz CT molecular complexity index is 1710. The predicted octanol–water partition coefficient (Wildman–Crippen LogP) is 4.80. The molecule has 3 aromatic heterocycles. The Morgan fingerprint density at radius 1 is 1.07 bits per heavy atom. The third-order valence-corrected chi connectivity index (χ3v) is 6.29. The van der Waals surface area contributed by atoms with Crippen LogP contribution < -0.4 is 11.1 Å². The van der Waals surface area contributed by atoms with Crippen LogP contribution in [-0.2, 0) is 11.0 Å². The topological polar surface area (TPSA) is 103 Å². The van der Waals surface area contributed by atoms with E-state index in [9.17, 15) is 18.0 Å². The van der Waals surface area contributed by atoms with Crippen molar-refractivity contribution < 1.29 is 22.4 Å². The quantitative estimate of drug-likeness (QED) is 0.234. The Balaban J connectivity index is 1.71. The first-order valence-electron chi connectivity index (χ1n) is 12.4. The fourth-order valence-corrected chi connectivity index (χ4v) is 4.54. The number of fused-ring (bicyclic) bond motifs is 1. The van der Waals surface area contributed by atoms with E-state index in [2.05, 4.69) is 20.5 Å². The molecule has 5 aromatic rings. The molecule has 0 atom stereocenters. The van der Waals surface area contributed by atoms with Gasteiger partial charge in [0.1, 0.15) is 0 Å². The van der Waals surface area contributed by atoms with Gasteiger partial charge in [-0.2, -0.15) is 23.3 Å². The number of pyridine rings is 1. The fourth-order valence-electron chi connectivity index (χ4n) is 4.54. The summed E-state index contributed by atoms with van der Waals surface area (Å²) < 4.78 is 44.5. The summed E-state index contributed by atoms with van der Waals surface area (Å²) in [6.07, 6.45) is -1.16. The molecule has 3 heterocycles. The smallest absolute Gasteiger partial charge is 0.399 e. The minimum absolute atomic E-state index is 0.0512.